The molecule has 0 saturated carbocycles. The molecule has 1 fully saturated rings. The van der Waals surface area contributed by atoms with Crippen LogP contribution in [0.25, 0.3) is 0 Å². The van der Waals surface area contributed by atoms with E-state index in [1.807, 2.05) is 0 Å². The summed E-state index contributed by atoms with van der Waals surface area (Å²) in [5.74, 6) is 0. The normalized spacial score (nSPS) is 26.1. The number of amides is 1. The molecule has 0 aliphatic carbocycles. The van der Waals surface area contributed by atoms with E-state index >= 15 is 0 Å². The van der Waals surface area contributed by atoms with Crippen LogP contribution in [0.2, 0.25) is 0 Å². The van der Waals surface area contributed by atoms with Crippen molar-refractivity contribution in [3.63, 3.8) is 0 Å². The number of β-amino-alcohol motifs (C(OH)–C–C–N with tert-alkyl or cyclic N) is 1. The van der Waals surface area contributed by atoms with Crippen LogP contribution in [-0.4, -0.2) is 60.0 Å². The summed E-state index contributed by atoms with van der Waals surface area (Å²) >= 11 is 0. The average Bonchev–Trinajstić information content (AvgIpc) is 2.38. The van der Waals surface area contributed by atoms with Crippen molar-refractivity contribution in [2.45, 2.75) is 38.4 Å². The molecule has 18 heavy (non-hydrogen) atoms. The van der Waals surface area contributed by atoms with Gasteiger partial charge < -0.3 is 19.5 Å². The van der Waals surface area contributed by atoms with Crippen LogP contribution >= 0.6 is 0 Å². The quantitative estimate of drug-likeness (QED) is 0.776. The van der Waals surface area contributed by atoms with E-state index in [-0.39, 0.29) is 13.2 Å². The third-order valence-corrected chi connectivity index (χ3v) is 2.38. The fourth-order valence-corrected chi connectivity index (χ4v) is 1.49. The largest absolute Gasteiger partial charge is 0.444 e. The first-order valence-corrected chi connectivity index (χ1v) is 5.70. The molecule has 5 nitrogen and oxygen atoms in total. The maximum Gasteiger partial charge on any atom is 0.410 e. The first-order valence-electron chi connectivity index (χ1n) is 5.70. The Bertz CT molecular complexity index is 306. The molecular formula is C11H19F2NO4. The molecule has 0 bridgehead atoms. The van der Waals surface area contributed by atoms with E-state index in [1.165, 1.54) is 0 Å². The highest BCUT2D eigenvalue weighted by Crippen LogP contribution is 2.21. The van der Waals surface area contributed by atoms with E-state index < -0.39 is 36.9 Å². The molecule has 7 heteroatoms. The molecule has 0 aromatic carbocycles. The van der Waals surface area contributed by atoms with Crippen molar-refractivity contribution < 1.29 is 28.2 Å². The van der Waals surface area contributed by atoms with Crippen LogP contribution < -0.4 is 0 Å². The number of carbonyl (C=O) groups is 1. The fourth-order valence-electron chi connectivity index (χ4n) is 1.49. The van der Waals surface area contributed by atoms with E-state index in [0.29, 0.717) is 0 Å². The molecule has 1 saturated heterocycles. The van der Waals surface area contributed by atoms with Gasteiger partial charge in [0.2, 0.25) is 0 Å². The molecule has 1 N–H and O–H groups in total. The molecule has 1 heterocycles. The summed E-state index contributed by atoms with van der Waals surface area (Å²) in [6.45, 7) is 4.25. The SMILES string of the molecule is CC(C)(C)OC(=O)N1CCOCC(O)(C(F)F)C1. The number of halogens is 2. The summed E-state index contributed by atoms with van der Waals surface area (Å²) < 4.78 is 35.5. The zero-order valence-electron chi connectivity index (χ0n) is 10.8. The van der Waals surface area contributed by atoms with Gasteiger partial charge >= 0.3 is 6.09 Å². The number of hydrogen-bond donors (Lipinski definition) is 1. The molecule has 0 radical (unpaired) electrons. The maximum absolute atomic E-state index is 12.8. The van der Waals surface area contributed by atoms with Gasteiger partial charge in [0.25, 0.3) is 6.43 Å². The summed E-state index contributed by atoms with van der Waals surface area (Å²) in [5.41, 5.74) is -3.05. The zero-order chi connectivity index (χ0) is 14.0. The predicted octanol–water partition coefficient (Wildman–Crippen LogP) is 1.25. The molecule has 106 valence electrons. The van der Waals surface area contributed by atoms with Gasteiger partial charge in [0.15, 0.2) is 5.60 Å². The smallest absolute Gasteiger partial charge is 0.410 e. The van der Waals surface area contributed by atoms with Gasteiger partial charge in [0.1, 0.15) is 5.60 Å². The van der Waals surface area contributed by atoms with E-state index in [2.05, 4.69) is 0 Å². The van der Waals surface area contributed by atoms with Crippen LogP contribution in [0.4, 0.5) is 13.6 Å². The second-order valence-corrected chi connectivity index (χ2v) is 5.36. The molecule has 1 atom stereocenters. The molecule has 1 aliphatic heterocycles. The van der Waals surface area contributed by atoms with Crippen molar-refractivity contribution in [1.82, 2.24) is 4.90 Å². The van der Waals surface area contributed by atoms with Gasteiger partial charge in [-0.25, -0.2) is 13.6 Å². The minimum atomic E-state index is -2.99. The van der Waals surface area contributed by atoms with Crippen molar-refractivity contribution >= 4 is 6.09 Å². The van der Waals surface area contributed by atoms with Crippen LogP contribution in [0.3, 0.4) is 0 Å². The van der Waals surface area contributed by atoms with Crippen LogP contribution in [0.1, 0.15) is 20.8 Å². The minimum absolute atomic E-state index is 0.0915. The Kier molecular flexibility index (Phi) is 4.50. The standard InChI is InChI=1S/C11H19F2NO4/c1-10(2,3)18-9(15)14-4-5-17-7-11(16,6-14)8(12)13/h8,16H,4-7H2,1-3H3. The van der Waals surface area contributed by atoms with Crippen molar-refractivity contribution in [1.29, 1.82) is 0 Å². The van der Waals surface area contributed by atoms with Gasteiger partial charge in [0, 0.05) is 6.54 Å². The molecule has 0 aromatic rings. The lowest BCUT2D eigenvalue weighted by atomic mass is 10.1. The van der Waals surface area contributed by atoms with Gasteiger partial charge in [-0.1, -0.05) is 0 Å². The number of nitrogens with zero attached hydrogens (tertiary/aromatic N) is 1. The maximum atomic E-state index is 12.8. The Hall–Kier alpha value is -0.950. The molecule has 1 rings (SSSR count). The Balaban J connectivity index is 2.73. The van der Waals surface area contributed by atoms with Gasteiger partial charge in [-0.3, -0.25) is 0 Å². The first kappa shape index (κ1) is 15.1. The van der Waals surface area contributed by atoms with Crippen molar-refractivity contribution in [3.8, 4) is 0 Å². The molecule has 1 amide bonds. The van der Waals surface area contributed by atoms with E-state index in [0.717, 1.165) is 4.90 Å². The number of aliphatic hydroxyl groups is 1. The Morgan fingerprint density at radius 3 is 2.61 bits per heavy atom. The molecule has 0 aromatic heterocycles. The highest BCUT2D eigenvalue weighted by molar-refractivity contribution is 5.68. The highest BCUT2D eigenvalue weighted by Gasteiger charge is 2.43. The van der Waals surface area contributed by atoms with Crippen molar-refractivity contribution in [2.75, 3.05) is 26.3 Å². The Morgan fingerprint density at radius 1 is 1.50 bits per heavy atom. The summed E-state index contributed by atoms with van der Waals surface area (Å²) in [6, 6.07) is 0. The summed E-state index contributed by atoms with van der Waals surface area (Å²) in [6.07, 6.45) is -3.72. The lowest BCUT2D eigenvalue weighted by molar-refractivity contribution is -0.132. The monoisotopic (exact) mass is 267 g/mol. The zero-order valence-corrected chi connectivity index (χ0v) is 10.8. The third-order valence-electron chi connectivity index (χ3n) is 2.38. The van der Waals surface area contributed by atoms with Crippen LogP contribution in [0, 0.1) is 0 Å². The predicted molar refractivity (Wildman–Crippen MR) is 59.6 cm³/mol. The van der Waals surface area contributed by atoms with Crippen LogP contribution in [-0.2, 0) is 9.47 Å². The van der Waals surface area contributed by atoms with E-state index in [1.54, 1.807) is 20.8 Å². The van der Waals surface area contributed by atoms with Crippen LogP contribution in [0.15, 0.2) is 0 Å². The average molecular weight is 267 g/mol. The number of alkyl halides is 2. The molecular weight excluding hydrogens is 248 g/mol. The summed E-state index contributed by atoms with van der Waals surface area (Å²) in [7, 11) is 0. The lowest BCUT2D eigenvalue weighted by Crippen LogP contribution is -2.52. The second kappa shape index (κ2) is 5.36. The number of rotatable bonds is 1. The fraction of sp³-hybridized carbons (Fsp3) is 0.909. The third kappa shape index (κ3) is 4.06. The molecule has 1 unspecified atom stereocenters. The minimum Gasteiger partial charge on any atom is -0.444 e. The van der Waals surface area contributed by atoms with Gasteiger partial charge in [-0.15, -0.1) is 0 Å². The second-order valence-electron chi connectivity index (χ2n) is 5.36. The summed E-state index contributed by atoms with van der Waals surface area (Å²) in [5, 5.41) is 9.72. The molecule has 1 aliphatic rings. The number of hydrogen-bond acceptors (Lipinski definition) is 4. The van der Waals surface area contributed by atoms with Gasteiger partial charge in [-0.2, -0.15) is 0 Å². The Labute approximate surface area is 105 Å². The van der Waals surface area contributed by atoms with Crippen molar-refractivity contribution in [3.05, 3.63) is 0 Å². The van der Waals surface area contributed by atoms with E-state index in [9.17, 15) is 18.7 Å². The van der Waals surface area contributed by atoms with Gasteiger partial charge in [-0.05, 0) is 20.8 Å². The Morgan fingerprint density at radius 2 is 2.11 bits per heavy atom. The van der Waals surface area contributed by atoms with Crippen LogP contribution in [0.5, 0.6) is 0 Å². The first-order chi connectivity index (χ1) is 8.14. The van der Waals surface area contributed by atoms with Crippen molar-refractivity contribution in [2.24, 2.45) is 0 Å². The number of carbonyl (C=O) groups excluding carboxylic acids is 1. The highest BCUT2D eigenvalue weighted by atomic mass is 19.3. The topological polar surface area (TPSA) is 59.0 Å². The summed E-state index contributed by atoms with van der Waals surface area (Å²) in [4.78, 5) is 12.8. The number of ether oxygens (including phenoxy) is 2. The van der Waals surface area contributed by atoms with Gasteiger partial charge in [0.05, 0.1) is 19.8 Å². The molecule has 0 spiro atoms. The lowest BCUT2D eigenvalue weighted by Gasteiger charge is -2.31. The van der Waals surface area contributed by atoms with E-state index in [4.69, 9.17) is 9.47 Å².